The van der Waals surface area contributed by atoms with Gasteiger partial charge in [0.2, 0.25) is 0 Å². The predicted octanol–water partition coefficient (Wildman–Crippen LogP) is 1.63. The van der Waals surface area contributed by atoms with Crippen molar-refractivity contribution in [2.24, 2.45) is 0 Å². The molecule has 19 heavy (non-hydrogen) atoms. The van der Waals surface area contributed by atoms with Gasteiger partial charge in [-0.3, -0.25) is 9.59 Å². The third-order valence-electron chi connectivity index (χ3n) is 2.37. The smallest absolute Gasteiger partial charge is 0.325 e. The molecule has 0 aliphatic carbocycles. The highest BCUT2D eigenvalue weighted by atomic mass is 35.5. The number of carbonyl (C=O) groups is 2. The zero-order valence-corrected chi connectivity index (χ0v) is 11.2. The lowest BCUT2D eigenvalue weighted by Gasteiger charge is -2.22. The lowest BCUT2D eigenvalue weighted by atomic mass is 10.2. The fourth-order valence-corrected chi connectivity index (χ4v) is 1.57. The quantitative estimate of drug-likeness (QED) is 0.771. The van der Waals surface area contributed by atoms with Gasteiger partial charge in [-0.1, -0.05) is 17.7 Å². The number of rotatable bonds is 5. The first-order valence-electron chi connectivity index (χ1n) is 5.32. The van der Waals surface area contributed by atoms with Crippen LogP contribution in [0.2, 0.25) is 5.02 Å². The summed E-state index contributed by atoms with van der Waals surface area (Å²) in [5.74, 6) is -1.93. The number of methoxy groups -OCH3 is 2. The van der Waals surface area contributed by atoms with Crippen molar-refractivity contribution in [3.63, 3.8) is 0 Å². The first-order valence-corrected chi connectivity index (χ1v) is 5.70. The number of hydrogen-bond donors (Lipinski definition) is 0. The van der Waals surface area contributed by atoms with Crippen molar-refractivity contribution in [2.45, 2.75) is 0 Å². The van der Waals surface area contributed by atoms with Crippen LogP contribution in [0.1, 0.15) is 0 Å². The van der Waals surface area contributed by atoms with Gasteiger partial charge in [-0.05, 0) is 12.1 Å². The largest absolute Gasteiger partial charge is 0.468 e. The maximum absolute atomic E-state index is 13.9. The van der Waals surface area contributed by atoms with Crippen LogP contribution in [-0.4, -0.2) is 39.2 Å². The first-order chi connectivity index (χ1) is 8.99. The van der Waals surface area contributed by atoms with Crippen LogP contribution in [0.5, 0.6) is 0 Å². The van der Waals surface area contributed by atoms with Gasteiger partial charge in [0, 0.05) is 0 Å². The van der Waals surface area contributed by atoms with E-state index in [1.54, 1.807) is 0 Å². The molecule has 0 bridgehead atoms. The lowest BCUT2D eigenvalue weighted by molar-refractivity contribution is -0.140. The van der Waals surface area contributed by atoms with E-state index in [9.17, 15) is 14.0 Å². The van der Waals surface area contributed by atoms with Crippen LogP contribution in [0.15, 0.2) is 18.2 Å². The fourth-order valence-electron chi connectivity index (χ4n) is 1.40. The van der Waals surface area contributed by atoms with Crippen molar-refractivity contribution in [1.29, 1.82) is 0 Å². The van der Waals surface area contributed by atoms with Gasteiger partial charge < -0.3 is 14.4 Å². The van der Waals surface area contributed by atoms with Gasteiger partial charge in [-0.25, -0.2) is 4.39 Å². The molecule has 0 aliphatic rings. The van der Waals surface area contributed by atoms with E-state index in [-0.39, 0.29) is 23.8 Å². The standard InChI is InChI=1S/C12H13ClFNO4/c1-18-10(16)6-15(7-11(17)19-2)9-5-3-4-8(13)12(9)14/h3-5H,6-7H2,1-2H3. The van der Waals surface area contributed by atoms with E-state index in [0.29, 0.717) is 0 Å². The molecule has 0 saturated carbocycles. The van der Waals surface area contributed by atoms with E-state index in [1.165, 1.54) is 37.3 Å². The van der Waals surface area contributed by atoms with Gasteiger partial charge in [-0.2, -0.15) is 0 Å². The molecule has 1 rings (SSSR count). The Balaban J connectivity index is 3.04. The Bertz CT molecular complexity index is 463. The van der Waals surface area contributed by atoms with E-state index in [2.05, 4.69) is 9.47 Å². The van der Waals surface area contributed by atoms with E-state index in [4.69, 9.17) is 11.6 Å². The number of carbonyl (C=O) groups excluding carboxylic acids is 2. The van der Waals surface area contributed by atoms with Crippen LogP contribution in [-0.2, 0) is 19.1 Å². The molecule has 0 atom stereocenters. The highest BCUT2D eigenvalue weighted by Gasteiger charge is 2.20. The van der Waals surface area contributed by atoms with Gasteiger partial charge in [0.15, 0.2) is 5.82 Å². The summed E-state index contributed by atoms with van der Waals surface area (Å²) in [4.78, 5) is 23.8. The van der Waals surface area contributed by atoms with Gasteiger partial charge in [0.1, 0.15) is 13.1 Å². The second kappa shape index (κ2) is 6.94. The molecule has 7 heteroatoms. The molecular weight excluding hydrogens is 277 g/mol. The normalized spacial score (nSPS) is 9.89. The number of benzene rings is 1. The third-order valence-corrected chi connectivity index (χ3v) is 2.66. The average Bonchev–Trinajstić information content (AvgIpc) is 2.40. The van der Waals surface area contributed by atoms with Crippen molar-refractivity contribution in [3.8, 4) is 0 Å². The fraction of sp³-hybridized carbons (Fsp3) is 0.333. The summed E-state index contributed by atoms with van der Waals surface area (Å²) < 4.78 is 22.9. The monoisotopic (exact) mass is 289 g/mol. The van der Waals surface area contributed by atoms with E-state index in [0.717, 1.165) is 0 Å². The summed E-state index contributed by atoms with van der Waals surface area (Å²) in [7, 11) is 2.40. The molecule has 0 heterocycles. The highest BCUT2D eigenvalue weighted by Crippen LogP contribution is 2.25. The molecule has 1 aromatic carbocycles. The number of nitrogens with zero attached hydrogens (tertiary/aromatic N) is 1. The van der Waals surface area contributed by atoms with E-state index >= 15 is 0 Å². The first kappa shape index (κ1) is 15.2. The topological polar surface area (TPSA) is 55.8 Å². The molecule has 0 unspecified atom stereocenters. The molecule has 0 radical (unpaired) electrons. The van der Waals surface area contributed by atoms with Crippen molar-refractivity contribution in [1.82, 2.24) is 0 Å². The third kappa shape index (κ3) is 4.10. The molecular formula is C12H13ClFNO4. The minimum atomic E-state index is -0.711. The van der Waals surface area contributed by atoms with Crippen LogP contribution in [0.3, 0.4) is 0 Å². The Morgan fingerprint density at radius 1 is 1.21 bits per heavy atom. The zero-order valence-electron chi connectivity index (χ0n) is 10.5. The van der Waals surface area contributed by atoms with Crippen LogP contribution in [0.25, 0.3) is 0 Å². The van der Waals surface area contributed by atoms with Crippen LogP contribution in [0.4, 0.5) is 10.1 Å². The second-order valence-electron chi connectivity index (χ2n) is 3.58. The summed E-state index contributed by atoms with van der Waals surface area (Å²) >= 11 is 5.66. The predicted molar refractivity (Wildman–Crippen MR) is 67.7 cm³/mol. The van der Waals surface area contributed by atoms with Gasteiger partial charge in [0.25, 0.3) is 0 Å². The Morgan fingerprint density at radius 2 is 1.74 bits per heavy atom. The Labute approximate surface area is 114 Å². The van der Waals surface area contributed by atoms with Crippen molar-refractivity contribution in [3.05, 3.63) is 29.0 Å². The summed E-state index contributed by atoms with van der Waals surface area (Å²) in [5, 5.41) is -0.0998. The number of esters is 2. The second-order valence-corrected chi connectivity index (χ2v) is 3.99. The Morgan fingerprint density at radius 3 is 2.21 bits per heavy atom. The Kier molecular flexibility index (Phi) is 5.57. The van der Waals surface area contributed by atoms with Crippen LogP contribution >= 0.6 is 11.6 Å². The molecule has 104 valence electrons. The molecule has 0 aromatic heterocycles. The molecule has 0 N–H and O–H groups in total. The minimum absolute atomic E-state index is 0.0308. The van der Waals surface area contributed by atoms with Crippen molar-refractivity contribution in [2.75, 3.05) is 32.2 Å². The van der Waals surface area contributed by atoms with Crippen molar-refractivity contribution < 1.29 is 23.5 Å². The molecule has 1 aromatic rings. The zero-order chi connectivity index (χ0) is 14.4. The van der Waals surface area contributed by atoms with Crippen LogP contribution < -0.4 is 4.90 Å². The maximum atomic E-state index is 13.9. The van der Waals surface area contributed by atoms with Crippen molar-refractivity contribution >= 4 is 29.2 Å². The van der Waals surface area contributed by atoms with E-state index in [1.807, 2.05) is 0 Å². The summed E-state index contributed by atoms with van der Waals surface area (Å²) in [6, 6.07) is 4.30. The lowest BCUT2D eigenvalue weighted by Crippen LogP contribution is -2.36. The number of anilines is 1. The molecule has 5 nitrogen and oxygen atoms in total. The molecule has 0 spiro atoms. The molecule has 0 fully saturated rings. The summed E-state index contributed by atoms with van der Waals surface area (Å²) in [6.07, 6.45) is 0. The average molecular weight is 290 g/mol. The SMILES string of the molecule is COC(=O)CN(CC(=O)OC)c1cccc(Cl)c1F. The molecule has 0 saturated heterocycles. The maximum Gasteiger partial charge on any atom is 0.325 e. The number of halogens is 2. The number of ether oxygens (including phenoxy) is 2. The highest BCUT2D eigenvalue weighted by molar-refractivity contribution is 6.31. The number of hydrogen-bond acceptors (Lipinski definition) is 5. The minimum Gasteiger partial charge on any atom is -0.468 e. The van der Waals surface area contributed by atoms with Crippen LogP contribution in [0, 0.1) is 5.82 Å². The van der Waals surface area contributed by atoms with E-state index < -0.39 is 17.8 Å². The van der Waals surface area contributed by atoms with Gasteiger partial charge >= 0.3 is 11.9 Å². The van der Waals surface area contributed by atoms with Gasteiger partial charge in [0.05, 0.1) is 24.9 Å². The molecule has 0 amide bonds. The summed E-state index contributed by atoms with van der Waals surface area (Å²) in [5.41, 5.74) is 0.0308. The summed E-state index contributed by atoms with van der Waals surface area (Å²) in [6.45, 7) is -0.578. The molecule has 0 aliphatic heterocycles. The Hall–Kier alpha value is -1.82. The van der Waals surface area contributed by atoms with Gasteiger partial charge in [-0.15, -0.1) is 0 Å².